The van der Waals surface area contributed by atoms with E-state index in [0.717, 1.165) is 67.0 Å². The Labute approximate surface area is 198 Å². The summed E-state index contributed by atoms with van der Waals surface area (Å²) < 4.78 is 5.43. The van der Waals surface area contributed by atoms with E-state index in [9.17, 15) is 4.79 Å². The summed E-state index contributed by atoms with van der Waals surface area (Å²) >= 11 is 0. The molecule has 1 aliphatic rings. The van der Waals surface area contributed by atoms with Crippen molar-refractivity contribution in [3.8, 4) is 0 Å². The zero-order valence-corrected chi connectivity index (χ0v) is 20.2. The van der Waals surface area contributed by atoms with E-state index in [1.807, 2.05) is 19.1 Å². The average molecular weight is 454 g/mol. The minimum absolute atomic E-state index is 0.158. The van der Waals surface area contributed by atoms with Gasteiger partial charge < -0.3 is 20.7 Å². The fourth-order valence-electron chi connectivity index (χ4n) is 4.19. The SMILES string of the molecule is CCCCNc1nc(N)nc(C)c1Cc1ccc(CC(=O)OCCCCN2CCCC2)cc1. The van der Waals surface area contributed by atoms with Gasteiger partial charge in [0.05, 0.1) is 13.0 Å². The van der Waals surface area contributed by atoms with Gasteiger partial charge in [0.1, 0.15) is 5.82 Å². The van der Waals surface area contributed by atoms with Crippen LogP contribution in [0, 0.1) is 6.92 Å². The van der Waals surface area contributed by atoms with E-state index < -0.39 is 0 Å². The number of carbonyl (C=O) groups is 1. The summed E-state index contributed by atoms with van der Waals surface area (Å²) in [5.74, 6) is 0.945. The molecule has 0 bridgehead atoms. The van der Waals surface area contributed by atoms with Gasteiger partial charge in [-0.25, -0.2) is 4.98 Å². The van der Waals surface area contributed by atoms with Crippen LogP contribution in [-0.4, -0.2) is 53.6 Å². The fraction of sp³-hybridized carbons (Fsp3) is 0.577. The Morgan fingerprint density at radius 1 is 1.09 bits per heavy atom. The van der Waals surface area contributed by atoms with Crippen LogP contribution in [0.3, 0.4) is 0 Å². The van der Waals surface area contributed by atoms with E-state index in [4.69, 9.17) is 10.5 Å². The molecule has 180 valence electrons. The number of nitrogens with two attached hydrogens (primary N) is 1. The van der Waals surface area contributed by atoms with Crippen LogP contribution in [0.2, 0.25) is 0 Å². The molecule has 0 spiro atoms. The summed E-state index contributed by atoms with van der Waals surface area (Å²) in [6.07, 6.45) is 7.86. The van der Waals surface area contributed by atoms with Crippen molar-refractivity contribution in [3.05, 3.63) is 46.6 Å². The first kappa shape index (κ1) is 25.0. The number of anilines is 2. The lowest BCUT2D eigenvalue weighted by Gasteiger charge is -2.14. The first-order chi connectivity index (χ1) is 16.0. The third-order valence-corrected chi connectivity index (χ3v) is 6.14. The van der Waals surface area contributed by atoms with Crippen molar-refractivity contribution in [1.29, 1.82) is 0 Å². The largest absolute Gasteiger partial charge is 0.465 e. The van der Waals surface area contributed by atoms with Gasteiger partial charge in [-0.1, -0.05) is 37.6 Å². The molecule has 7 heteroatoms. The zero-order valence-electron chi connectivity index (χ0n) is 20.2. The van der Waals surface area contributed by atoms with Crippen LogP contribution in [0.1, 0.15) is 67.8 Å². The van der Waals surface area contributed by atoms with Gasteiger partial charge in [-0.15, -0.1) is 0 Å². The van der Waals surface area contributed by atoms with Crippen LogP contribution < -0.4 is 11.1 Å². The average Bonchev–Trinajstić information content (AvgIpc) is 3.31. The molecule has 1 aliphatic heterocycles. The monoisotopic (exact) mass is 453 g/mol. The number of esters is 1. The maximum atomic E-state index is 12.2. The molecule has 0 aliphatic carbocycles. The Morgan fingerprint density at radius 3 is 2.55 bits per heavy atom. The lowest BCUT2D eigenvalue weighted by Crippen LogP contribution is -2.20. The van der Waals surface area contributed by atoms with E-state index in [2.05, 4.69) is 39.2 Å². The lowest BCUT2D eigenvalue weighted by atomic mass is 10.0. The van der Waals surface area contributed by atoms with E-state index in [1.165, 1.54) is 25.9 Å². The normalized spacial score (nSPS) is 13.9. The van der Waals surface area contributed by atoms with Crippen molar-refractivity contribution in [1.82, 2.24) is 14.9 Å². The maximum Gasteiger partial charge on any atom is 0.310 e. The van der Waals surface area contributed by atoms with E-state index >= 15 is 0 Å². The molecule has 0 amide bonds. The third kappa shape index (κ3) is 8.31. The van der Waals surface area contributed by atoms with E-state index in [0.29, 0.717) is 25.4 Å². The molecule has 2 aromatic rings. The van der Waals surface area contributed by atoms with Crippen molar-refractivity contribution in [2.45, 2.75) is 65.2 Å². The molecule has 1 aromatic carbocycles. The number of nitrogens with zero attached hydrogens (tertiary/aromatic N) is 3. The number of rotatable bonds is 13. The topological polar surface area (TPSA) is 93.4 Å². The van der Waals surface area contributed by atoms with Gasteiger partial charge in [-0.3, -0.25) is 4.79 Å². The molecule has 1 saturated heterocycles. The molecule has 3 N–H and O–H groups in total. The highest BCUT2D eigenvalue weighted by Gasteiger charge is 2.13. The second-order valence-corrected chi connectivity index (χ2v) is 8.92. The third-order valence-electron chi connectivity index (χ3n) is 6.14. The van der Waals surface area contributed by atoms with Crippen LogP contribution in [0.4, 0.5) is 11.8 Å². The predicted molar refractivity (Wildman–Crippen MR) is 133 cm³/mol. The van der Waals surface area contributed by atoms with Gasteiger partial charge >= 0.3 is 5.97 Å². The van der Waals surface area contributed by atoms with Crippen molar-refractivity contribution in [2.75, 3.05) is 43.8 Å². The summed E-state index contributed by atoms with van der Waals surface area (Å²) in [6.45, 7) is 9.05. The molecule has 2 heterocycles. The summed E-state index contributed by atoms with van der Waals surface area (Å²) in [4.78, 5) is 23.4. The Morgan fingerprint density at radius 2 is 1.82 bits per heavy atom. The number of nitrogen functional groups attached to an aromatic ring is 1. The highest BCUT2D eigenvalue weighted by Crippen LogP contribution is 2.22. The van der Waals surface area contributed by atoms with Crippen LogP contribution in [0.25, 0.3) is 0 Å². The predicted octanol–water partition coefficient (Wildman–Crippen LogP) is 4.13. The van der Waals surface area contributed by atoms with Crippen LogP contribution in [0.15, 0.2) is 24.3 Å². The van der Waals surface area contributed by atoms with Crippen molar-refractivity contribution < 1.29 is 9.53 Å². The van der Waals surface area contributed by atoms with Crippen LogP contribution in [0.5, 0.6) is 0 Å². The molecule has 33 heavy (non-hydrogen) atoms. The van der Waals surface area contributed by atoms with Gasteiger partial charge in [0.2, 0.25) is 5.95 Å². The number of hydrogen-bond acceptors (Lipinski definition) is 7. The first-order valence-electron chi connectivity index (χ1n) is 12.4. The second kappa shape index (κ2) is 13.1. The summed E-state index contributed by atoms with van der Waals surface area (Å²) in [6, 6.07) is 8.12. The van der Waals surface area contributed by atoms with Gasteiger partial charge in [-0.2, -0.15) is 4.98 Å². The summed E-state index contributed by atoms with van der Waals surface area (Å²) in [5.41, 5.74) is 9.92. The summed E-state index contributed by atoms with van der Waals surface area (Å²) in [7, 11) is 0. The van der Waals surface area contributed by atoms with Crippen LogP contribution >= 0.6 is 0 Å². The van der Waals surface area contributed by atoms with Gasteiger partial charge in [0, 0.05) is 24.2 Å². The summed E-state index contributed by atoms with van der Waals surface area (Å²) in [5, 5.41) is 3.40. The van der Waals surface area contributed by atoms with Crippen molar-refractivity contribution in [2.24, 2.45) is 0 Å². The van der Waals surface area contributed by atoms with Crippen LogP contribution in [-0.2, 0) is 22.4 Å². The molecule has 0 atom stereocenters. The molecule has 3 rings (SSSR count). The quantitative estimate of drug-likeness (QED) is 0.348. The van der Waals surface area contributed by atoms with Gasteiger partial charge in [0.15, 0.2) is 0 Å². The molecule has 0 unspecified atom stereocenters. The van der Waals surface area contributed by atoms with Gasteiger partial charge in [0.25, 0.3) is 0 Å². The Kier molecular flexibility index (Phi) is 9.94. The van der Waals surface area contributed by atoms with Crippen molar-refractivity contribution >= 4 is 17.7 Å². The highest BCUT2D eigenvalue weighted by molar-refractivity contribution is 5.72. The lowest BCUT2D eigenvalue weighted by molar-refractivity contribution is -0.142. The fourth-order valence-corrected chi connectivity index (χ4v) is 4.19. The molecular formula is C26H39N5O2. The zero-order chi connectivity index (χ0) is 23.5. The molecule has 0 saturated carbocycles. The van der Waals surface area contributed by atoms with E-state index in [-0.39, 0.29) is 5.97 Å². The molecule has 1 aromatic heterocycles. The Hall–Kier alpha value is -2.67. The van der Waals surface area contributed by atoms with E-state index in [1.54, 1.807) is 0 Å². The Bertz CT molecular complexity index is 879. The Balaban J connectivity index is 1.46. The number of aromatic nitrogens is 2. The van der Waals surface area contributed by atoms with Gasteiger partial charge in [-0.05, 0) is 69.8 Å². The highest BCUT2D eigenvalue weighted by atomic mass is 16.5. The number of benzene rings is 1. The molecular weight excluding hydrogens is 414 g/mol. The van der Waals surface area contributed by atoms with Crippen molar-refractivity contribution in [3.63, 3.8) is 0 Å². The number of aryl methyl sites for hydroxylation is 1. The minimum Gasteiger partial charge on any atom is -0.465 e. The smallest absolute Gasteiger partial charge is 0.310 e. The standard InChI is InChI=1S/C26H39N5O2/c1-3-4-13-28-25-23(20(2)29-26(27)30-25)18-21-9-11-22(12-10-21)19-24(32)33-17-8-7-16-31-14-5-6-15-31/h9-12H,3-8,13-19H2,1-2H3,(H3,27,28,29,30). The number of likely N-dealkylation sites (tertiary alicyclic amines) is 1. The number of unbranched alkanes of at least 4 members (excludes halogenated alkanes) is 2. The molecule has 7 nitrogen and oxygen atoms in total. The molecule has 0 radical (unpaired) electrons. The molecule has 1 fully saturated rings. The number of carbonyl (C=O) groups excluding carboxylic acids is 1. The number of hydrogen-bond donors (Lipinski definition) is 2. The number of ether oxygens (including phenoxy) is 1. The number of nitrogens with one attached hydrogen (secondary N) is 1. The minimum atomic E-state index is -0.158. The maximum absolute atomic E-state index is 12.2. The second-order valence-electron chi connectivity index (χ2n) is 8.92. The first-order valence-corrected chi connectivity index (χ1v) is 12.4.